The molecular formula is C13H17N3O2S2. The number of aryl methyl sites for hydroxylation is 1. The molecule has 2 rings (SSSR count). The minimum Gasteiger partial charge on any atom is -0.382 e. The predicted molar refractivity (Wildman–Crippen MR) is 83.0 cm³/mol. The van der Waals surface area contributed by atoms with Crippen LogP contribution in [0.15, 0.2) is 29.2 Å². The van der Waals surface area contributed by atoms with E-state index in [1.165, 1.54) is 11.1 Å². The van der Waals surface area contributed by atoms with E-state index in [4.69, 9.17) is 5.73 Å². The maximum atomic E-state index is 11.7. The molecule has 0 aliphatic heterocycles. The molecule has 20 heavy (non-hydrogen) atoms. The summed E-state index contributed by atoms with van der Waals surface area (Å²) < 4.78 is 27.2. The van der Waals surface area contributed by atoms with E-state index >= 15 is 0 Å². The van der Waals surface area contributed by atoms with E-state index in [0.29, 0.717) is 11.5 Å². The van der Waals surface area contributed by atoms with Crippen molar-refractivity contribution >= 4 is 32.2 Å². The van der Waals surface area contributed by atoms with Crippen LogP contribution >= 0.6 is 11.5 Å². The molecule has 0 unspecified atom stereocenters. The Morgan fingerprint density at radius 3 is 2.70 bits per heavy atom. The summed E-state index contributed by atoms with van der Waals surface area (Å²) in [5.74, 6) is 0.0656. The van der Waals surface area contributed by atoms with Gasteiger partial charge < -0.3 is 11.1 Å². The zero-order chi connectivity index (χ0) is 14.8. The number of nitrogens with zero attached hydrogens (tertiary/aromatic N) is 1. The normalized spacial score (nSPS) is 11.5. The molecule has 0 spiro atoms. The van der Waals surface area contributed by atoms with Crippen molar-refractivity contribution < 1.29 is 8.42 Å². The summed E-state index contributed by atoms with van der Waals surface area (Å²) in [5, 5.41) is 3.63. The highest BCUT2D eigenvalue weighted by atomic mass is 32.2. The van der Waals surface area contributed by atoms with E-state index in [1.807, 2.05) is 12.1 Å². The maximum absolute atomic E-state index is 11.7. The van der Waals surface area contributed by atoms with Gasteiger partial charge >= 0.3 is 0 Å². The first kappa shape index (κ1) is 14.8. The fraction of sp³-hybridized carbons (Fsp3) is 0.308. The third-order valence-electron chi connectivity index (χ3n) is 2.99. The van der Waals surface area contributed by atoms with Gasteiger partial charge in [-0.05, 0) is 36.0 Å². The molecule has 7 heteroatoms. The second-order valence-corrected chi connectivity index (χ2v) is 7.33. The third kappa shape index (κ3) is 3.29. The number of nitrogen functional groups attached to an aromatic ring is 1. The van der Waals surface area contributed by atoms with Crippen LogP contribution < -0.4 is 11.1 Å². The number of sulfone groups is 1. The van der Waals surface area contributed by atoms with E-state index in [0.717, 1.165) is 24.2 Å². The van der Waals surface area contributed by atoms with Crippen LogP contribution in [0.3, 0.4) is 0 Å². The van der Waals surface area contributed by atoms with Crippen LogP contribution in [0.2, 0.25) is 0 Å². The zero-order valence-corrected chi connectivity index (χ0v) is 13.0. The maximum Gasteiger partial charge on any atom is 0.182 e. The topological polar surface area (TPSA) is 85.1 Å². The first-order valence-corrected chi connectivity index (χ1v) is 8.79. The Labute approximate surface area is 122 Å². The van der Waals surface area contributed by atoms with Gasteiger partial charge in [0, 0.05) is 12.8 Å². The molecule has 0 fully saturated rings. The quantitative estimate of drug-likeness (QED) is 0.883. The van der Waals surface area contributed by atoms with E-state index in [-0.39, 0.29) is 10.7 Å². The molecule has 0 saturated heterocycles. The molecule has 1 aromatic heterocycles. The summed E-state index contributed by atoms with van der Waals surface area (Å²) in [6, 6.07) is 8.12. The summed E-state index contributed by atoms with van der Waals surface area (Å²) in [4.78, 5) is 0.104. The molecule has 0 bridgehead atoms. The van der Waals surface area contributed by atoms with Crippen molar-refractivity contribution in [3.05, 3.63) is 35.4 Å². The largest absolute Gasteiger partial charge is 0.382 e. The Balaban J connectivity index is 2.08. The molecule has 0 radical (unpaired) electrons. The summed E-state index contributed by atoms with van der Waals surface area (Å²) in [7, 11) is -3.36. The first-order chi connectivity index (χ1) is 9.39. The van der Waals surface area contributed by atoms with Crippen LogP contribution in [0.25, 0.3) is 0 Å². The van der Waals surface area contributed by atoms with Crippen LogP contribution in [0, 0.1) is 6.92 Å². The fourth-order valence-electron chi connectivity index (χ4n) is 1.97. The summed E-state index contributed by atoms with van der Waals surface area (Å²) >= 11 is 1.08. The third-order valence-corrected chi connectivity index (χ3v) is 5.09. The van der Waals surface area contributed by atoms with Crippen molar-refractivity contribution in [2.24, 2.45) is 0 Å². The number of aromatic nitrogens is 1. The lowest BCUT2D eigenvalue weighted by atomic mass is 10.1. The van der Waals surface area contributed by atoms with Crippen molar-refractivity contribution in [3.63, 3.8) is 0 Å². The van der Waals surface area contributed by atoms with Crippen molar-refractivity contribution in [2.45, 2.75) is 18.2 Å². The Bertz CT molecular complexity index is 708. The predicted octanol–water partition coefficient (Wildman–Crippen LogP) is 2.09. The highest BCUT2D eigenvalue weighted by Crippen LogP contribution is 2.31. The first-order valence-electron chi connectivity index (χ1n) is 6.13. The average molecular weight is 311 g/mol. The van der Waals surface area contributed by atoms with E-state index in [2.05, 4.69) is 28.7 Å². The van der Waals surface area contributed by atoms with Gasteiger partial charge in [-0.3, -0.25) is 0 Å². The highest BCUT2D eigenvalue weighted by molar-refractivity contribution is 7.91. The van der Waals surface area contributed by atoms with Gasteiger partial charge in [0.2, 0.25) is 0 Å². The Hall–Kier alpha value is -1.60. The summed E-state index contributed by atoms with van der Waals surface area (Å²) in [6.07, 6.45) is 1.95. The van der Waals surface area contributed by atoms with Crippen LogP contribution in [0.5, 0.6) is 0 Å². The lowest BCUT2D eigenvalue weighted by Gasteiger charge is -2.08. The number of hydrogen-bond acceptors (Lipinski definition) is 6. The van der Waals surface area contributed by atoms with Crippen molar-refractivity contribution in [2.75, 3.05) is 23.9 Å². The fourth-order valence-corrected chi connectivity index (χ4v) is 4.06. The molecule has 5 nitrogen and oxygen atoms in total. The molecule has 1 aromatic carbocycles. The van der Waals surface area contributed by atoms with Gasteiger partial charge in [-0.25, -0.2) is 8.42 Å². The zero-order valence-electron chi connectivity index (χ0n) is 11.4. The smallest absolute Gasteiger partial charge is 0.182 e. The second kappa shape index (κ2) is 5.80. The van der Waals surface area contributed by atoms with Crippen LogP contribution in [0.1, 0.15) is 11.1 Å². The monoisotopic (exact) mass is 311 g/mol. The molecule has 0 aliphatic carbocycles. The second-order valence-electron chi connectivity index (χ2n) is 4.60. The molecule has 0 saturated carbocycles. The van der Waals surface area contributed by atoms with Gasteiger partial charge in [-0.2, -0.15) is 4.37 Å². The standard InChI is InChI=1S/C13H17N3O2S2/c1-9-5-3-4-6-10(9)7-8-15-13-11(20(2,17)18)12(14)16-19-13/h3-6,15H,7-8H2,1-2H3,(H2,14,16). The minimum absolute atomic E-state index is 0.0656. The van der Waals surface area contributed by atoms with Gasteiger partial charge in [0.25, 0.3) is 0 Å². The van der Waals surface area contributed by atoms with Crippen LogP contribution in [-0.2, 0) is 16.3 Å². The van der Waals surface area contributed by atoms with Crippen molar-refractivity contribution in [1.82, 2.24) is 4.37 Å². The Morgan fingerprint density at radius 2 is 2.05 bits per heavy atom. The molecule has 0 amide bonds. The Kier molecular flexibility index (Phi) is 4.29. The van der Waals surface area contributed by atoms with Gasteiger partial charge in [-0.15, -0.1) is 0 Å². The van der Waals surface area contributed by atoms with Gasteiger partial charge in [0.05, 0.1) is 0 Å². The summed E-state index contributed by atoms with van der Waals surface area (Å²) in [5.41, 5.74) is 8.07. The van der Waals surface area contributed by atoms with Gasteiger partial charge in [-0.1, -0.05) is 24.3 Å². The molecular weight excluding hydrogens is 294 g/mol. The molecule has 0 atom stereocenters. The average Bonchev–Trinajstić information content (AvgIpc) is 2.73. The number of nitrogens with one attached hydrogen (secondary N) is 1. The van der Waals surface area contributed by atoms with E-state index < -0.39 is 9.84 Å². The van der Waals surface area contributed by atoms with Gasteiger partial charge in [0.1, 0.15) is 9.90 Å². The van der Waals surface area contributed by atoms with Crippen LogP contribution in [-0.4, -0.2) is 25.6 Å². The van der Waals surface area contributed by atoms with Crippen molar-refractivity contribution in [1.29, 1.82) is 0 Å². The molecule has 108 valence electrons. The number of rotatable bonds is 5. The minimum atomic E-state index is -3.36. The molecule has 0 aliphatic rings. The lowest BCUT2D eigenvalue weighted by Crippen LogP contribution is -2.09. The van der Waals surface area contributed by atoms with E-state index in [1.54, 1.807) is 0 Å². The SMILES string of the molecule is Cc1ccccc1CCNc1snc(N)c1S(C)(=O)=O. The van der Waals surface area contributed by atoms with Crippen LogP contribution in [0.4, 0.5) is 10.8 Å². The number of anilines is 2. The number of benzene rings is 1. The van der Waals surface area contributed by atoms with Crippen molar-refractivity contribution in [3.8, 4) is 0 Å². The lowest BCUT2D eigenvalue weighted by molar-refractivity contribution is 0.602. The number of hydrogen-bond donors (Lipinski definition) is 2. The van der Waals surface area contributed by atoms with Gasteiger partial charge in [0.15, 0.2) is 15.7 Å². The molecule has 3 N–H and O–H groups in total. The molecule has 2 aromatic rings. The Morgan fingerprint density at radius 1 is 1.35 bits per heavy atom. The highest BCUT2D eigenvalue weighted by Gasteiger charge is 2.20. The van der Waals surface area contributed by atoms with E-state index in [9.17, 15) is 8.42 Å². The number of nitrogens with two attached hydrogens (primary N) is 1. The molecule has 1 heterocycles. The summed E-state index contributed by atoms with van der Waals surface area (Å²) in [6.45, 7) is 2.69.